The fourth-order valence-electron chi connectivity index (χ4n) is 3.70. The standard InChI is InChI=1S/C26H36N4O6S2/c1-16(2)23-26(35)27-14-22(32)36-18(10-6-7-11-37)13-21(31)28-19(12-17-8-4-3-5-9-17)24(33)29-20(15-38)25(34)30-23/h3-6,8-10,16,18-20,23,37-38H,7,11-15H2,1-2H3,(H,27,35)(H,28,31)(H,29,33)(H,30,34)/t18-,19-,20-,23-/m1/s1. The van der Waals surface area contributed by atoms with Gasteiger partial charge in [0.25, 0.3) is 0 Å². The van der Waals surface area contributed by atoms with Crippen LogP contribution in [0.25, 0.3) is 0 Å². The van der Waals surface area contributed by atoms with Crippen LogP contribution in [-0.4, -0.2) is 71.9 Å². The number of hydrogen-bond donors (Lipinski definition) is 6. The average molecular weight is 565 g/mol. The summed E-state index contributed by atoms with van der Waals surface area (Å²) in [5, 5.41) is 10.4. The second-order valence-electron chi connectivity index (χ2n) is 9.17. The van der Waals surface area contributed by atoms with Crippen LogP contribution in [0.15, 0.2) is 42.5 Å². The molecule has 4 amide bonds. The molecule has 12 heteroatoms. The van der Waals surface area contributed by atoms with Gasteiger partial charge in [-0.05, 0) is 29.7 Å². The maximum Gasteiger partial charge on any atom is 0.326 e. The number of ether oxygens (including phenoxy) is 1. The molecule has 0 unspecified atom stereocenters. The molecule has 0 spiro atoms. The molecule has 1 aromatic rings. The molecule has 4 N–H and O–H groups in total. The van der Waals surface area contributed by atoms with E-state index in [1.165, 1.54) is 0 Å². The third kappa shape index (κ3) is 10.4. The number of thiol groups is 2. The zero-order valence-electron chi connectivity index (χ0n) is 21.5. The van der Waals surface area contributed by atoms with Gasteiger partial charge in [0, 0.05) is 12.2 Å². The van der Waals surface area contributed by atoms with Crippen LogP contribution in [0.3, 0.4) is 0 Å². The van der Waals surface area contributed by atoms with Crippen molar-refractivity contribution in [3.05, 3.63) is 48.0 Å². The van der Waals surface area contributed by atoms with Crippen LogP contribution in [0.4, 0.5) is 0 Å². The minimum absolute atomic E-state index is 0.0413. The van der Waals surface area contributed by atoms with Crippen molar-refractivity contribution in [3.63, 3.8) is 0 Å². The summed E-state index contributed by atoms with van der Waals surface area (Å²) in [4.78, 5) is 64.5. The summed E-state index contributed by atoms with van der Waals surface area (Å²) in [6.07, 6.45) is 2.92. The Balaban J connectivity index is 2.38. The van der Waals surface area contributed by atoms with Gasteiger partial charge >= 0.3 is 5.97 Å². The highest BCUT2D eigenvalue weighted by atomic mass is 32.1. The topological polar surface area (TPSA) is 143 Å². The van der Waals surface area contributed by atoms with Crippen molar-refractivity contribution in [1.29, 1.82) is 0 Å². The number of amides is 4. The van der Waals surface area contributed by atoms with E-state index in [4.69, 9.17) is 4.74 Å². The second kappa shape index (κ2) is 16.1. The Bertz CT molecular complexity index is 1000. The van der Waals surface area contributed by atoms with E-state index in [2.05, 4.69) is 46.5 Å². The Morgan fingerprint density at radius 2 is 1.63 bits per heavy atom. The summed E-state index contributed by atoms with van der Waals surface area (Å²) in [7, 11) is 0. The number of rotatable bonds is 7. The number of benzene rings is 1. The van der Waals surface area contributed by atoms with Crippen molar-refractivity contribution in [2.24, 2.45) is 5.92 Å². The number of cyclic esters (lactones) is 1. The molecule has 0 radical (unpaired) electrons. The van der Waals surface area contributed by atoms with Crippen LogP contribution in [0.5, 0.6) is 0 Å². The molecule has 10 nitrogen and oxygen atoms in total. The van der Waals surface area contributed by atoms with Gasteiger partial charge < -0.3 is 26.0 Å². The molecule has 1 heterocycles. The molecule has 1 aromatic carbocycles. The third-order valence-electron chi connectivity index (χ3n) is 5.72. The maximum atomic E-state index is 13.3. The molecule has 0 saturated carbocycles. The molecule has 0 aliphatic carbocycles. The van der Waals surface area contributed by atoms with Crippen molar-refractivity contribution in [3.8, 4) is 0 Å². The van der Waals surface area contributed by atoms with E-state index in [1.807, 2.05) is 30.3 Å². The molecule has 0 bridgehead atoms. The Morgan fingerprint density at radius 3 is 2.26 bits per heavy atom. The lowest BCUT2D eigenvalue weighted by molar-refractivity contribution is -0.148. The molecular formula is C26H36N4O6S2. The predicted octanol–water partition coefficient (Wildman–Crippen LogP) is 0.577. The van der Waals surface area contributed by atoms with Crippen LogP contribution in [0.2, 0.25) is 0 Å². The van der Waals surface area contributed by atoms with E-state index in [-0.39, 0.29) is 24.5 Å². The number of carbonyl (C=O) groups excluding carboxylic acids is 5. The fraction of sp³-hybridized carbons (Fsp3) is 0.500. The molecule has 1 saturated heterocycles. The van der Waals surface area contributed by atoms with E-state index in [0.717, 1.165) is 5.56 Å². The van der Waals surface area contributed by atoms with Gasteiger partial charge in [-0.15, -0.1) is 0 Å². The first kappa shape index (κ1) is 31.2. The van der Waals surface area contributed by atoms with Crippen LogP contribution >= 0.6 is 25.3 Å². The molecule has 208 valence electrons. The first-order valence-electron chi connectivity index (χ1n) is 12.4. The fourth-order valence-corrected chi connectivity index (χ4v) is 4.11. The smallest absolute Gasteiger partial charge is 0.326 e. The molecule has 0 aromatic heterocycles. The van der Waals surface area contributed by atoms with E-state index in [1.54, 1.807) is 26.0 Å². The quantitative estimate of drug-likeness (QED) is 0.163. The number of esters is 1. The predicted molar refractivity (Wildman–Crippen MR) is 150 cm³/mol. The maximum absolute atomic E-state index is 13.3. The second-order valence-corrected chi connectivity index (χ2v) is 9.99. The summed E-state index contributed by atoms with van der Waals surface area (Å²) in [6, 6.07) is 6.05. The largest absolute Gasteiger partial charge is 0.456 e. The average Bonchev–Trinajstić information content (AvgIpc) is 2.88. The van der Waals surface area contributed by atoms with Gasteiger partial charge in [0.15, 0.2) is 0 Å². The van der Waals surface area contributed by atoms with Gasteiger partial charge in [-0.25, -0.2) is 0 Å². The van der Waals surface area contributed by atoms with Crippen LogP contribution in [-0.2, 0) is 35.1 Å². The van der Waals surface area contributed by atoms with Gasteiger partial charge in [0.2, 0.25) is 23.6 Å². The first-order chi connectivity index (χ1) is 18.1. The Kier molecular flexibility index (Phi) is 13.2. The van der Waals surface area contributed by atoms with Gasteiger partial charge in [-0.2, -0.15) is 25.3 Å². The van der Waals surface area contributed by atoms with E-state index >= 15 is 0 Å². The number of hydrogen-bond acceptors (Lipinski definition) is 8. The lowest BCUT2D eigenvalue weighted by Gasteiger charge is -2.27. The van der Waals surface area contributed by atoms with Gasteiger partial charge in [0.1, 0.15) is 30.8 Å². The van der Waals surface area contributed by atoms with E-state index < -0.39 is 60.4 Å². The zero-order valence-corrected chi connectivity index (χ0v) is 23.3. The van der Waals surface area contributed by atoms with Crippen molar-refractivity contribution in [1.82, 2.24) is 21.3 Å². The lowest BCUT2D eigenvalue weighted by Crippen LogP contribution is -2.59. The van der Waals surface area contributed by atoms with Crippen molar-refractivity contribution < 1.29 is 28.7 Å². The summed E-state index contributed by atoms with van der Waals surface area (Å²) in [5.74, 6) is -2.86. The van der Waals surface area contributed by atoms with Crippen LogP contribution in [0.1, 0.15) is 32.3 Å². The molecule has 2 rings (SSSR count). The highest BCUT2D eigenvalue weighted by molar-refractivity contribution is 7.80. The van der Waals surface area contributed by atoms with Crippen LogP contribution in [0, 0.1) is 5.92 Å². The monoisotopic (exact) mass is 564 g/mol. The number of carbonyl (C=O) groups is 5. The Morgan fingerprint density at radius 1 is 0.947 bits per heavy atom. The molecule has 1 fully saturated rings. The van der Waals surface area contributed by atoms with E-state index in [9.17, 15) is 24.0 Å². The minimum atomic E-state index is -1.06. The van der Waals surface area contributed by atoms with Crippen molar-refractivity contribution in [2.45, 2.75) is 57.3 Å². The summed E-state index contributed by atoms with van der Waals surface area (Å²) >= 11 is 8.35. The molecular weight excluding hydrogens is 528 g/mol. The van der Waals surface area contributed by atoms with Crippen molar-refractivity contribution >= 4 is 54.9 Å². The molecule has 1 aliphatic heterocycles. The Labute approximate surface area is 233 Å². The van der Waals surface area contributed by atoms with Gasteiger partial charge in [0.05, 0.1) is 6.42 Å². The van der Waals surface area contributed by atoms with Crippen molar-refractivity contribution in [2.75, 3.05) is 18.1 Å². The first-order valence-corrected chi connectivity index (χ1v) is 13.7. The summed E-state index contributed by atoms with van der Waals surface area (Å²) in [5.41, 5.74) is 0.794. The van der Waals surface area contributed by atoms with Gasteiger partial charge in [-0.1, -0.05) is 50.3 Å². The van der Waals surface area contributed by atoms with Gasteiger partial charge in [-0.3, -0.25) is 24.0 Å². The molecule has 4 atom stereocenters. The molecule has 38 heavy (non-hydrogen) atoms. The number of nitrogens with one attached hydrogen (secondary N) is 4. The summed E-state index contributed by atoms with van der Waals surface area (Å²) in [6.45, 7) is 3.03. The summed E-state index contributed by atoms with van der Waals surface area (Å²) < 4.78 is 5.42. The highest BCUT2D eigenvalue weighted by Crippen LogP contribution is 2.09. The molecule has 1 aliphatic rings. The minimum Gasteiger partial charge on any atom is -0.456 e. The van der Waals surface area contributed by atoms with E-state index in [0.29, 0.717) is 12.2 Å². The number of allylic oxidation sites excluding steroid dienone is 1. The SMILES string of the molecule is CC(C)[C@H]1NC(=O)[C@@H](CS)NC(=O)[C@@H](Cc2ccccc2)NC(=O)C[C@@H](C=CCCS)OC(=O)CNC1=O. The highest BCUT2D eigenvalue weighted by Gasteiger charge is 2.31. The third-order valence-corrected chi connectivity index (χ3v) is 6.34. The lowest BCUT2D eigenvalue weighted by atomic mass is 10.0. The Hall–Kier alpha value is -2.99. The van der Waals surface area contributed by atoms with Crippen LogP contribution < -0.4 is 21.3 Å². The normalized spacial score (nSPS) is 24.4. The zero-order chi connectivity index (χ0) is 28.1.